The van der Waals surface area contributed by atoms with Crippen molar-refractivity contribution in [2.45, 2.75) is 111 Å². The van der Waals surface area contributed by atoms with Crippen LogP contribution in [-0.2, 0) is 85.3 Å². The summed E-state index contributed by atoms with van der Waals surface area (Å²) in [6, 6.07) is 48.8. The predicted octanol–water partition coefficient (Wildman–Crippen LogP) is 8.37. The van der Waals surface area contributed by atoms with Gasteiger partial charge < -0.3 is 47.7 Å². The topological polar surface area (TPSA) is 137 Å². The van der Waals surface area contributed by atoms with Crippen LogP contribution in [0.2, 0.25) is 0 Å². The Morgan fingerprint density at radius 2 is 0.746 bits per heavy atom. The molecular formula is C51H62O12. The molecule has 0 amide bonds. The average Bonchev–Trinajstić information content (AvgIpc) is 3.79. The molecule has 12 heteroatoms. The zero-order valence-corrected chi connectivity index (χ0v) is 34.4. The zero-order valence-electron chi connectivity index (χ0n) is 34.4. The molecule has 63 heavy (non-hydrogen) atoms. The second kappa shape index (κ2) is 27.0. The van der Waals surface area contributed by atoms with Crippen molar-refractivity contribution in [3.8, 4) is 0 Å². The first-order valence-corrected chi connectivity index (χ1v) is 20.4. The summed E-state index contributed by atoms with van der Waals surface area (Å²) in [6.07, 6.45) is -5.32. The lowest BCUT2D eigenvalue weighted by molar-refractivity contribution is -0.193. The third kappa shape index (κ3) is 16.1. The van der Waals surface area contributed by atoms with Crippen LogP contribution in [0.25, 0.3) is 0 Å². The van der Waals surface area contributed by atoms with Crippen LogP contribution in [0.1, 0.15) is 56.5 Å². The minimum absolute atomic E-state index is 0. The van der Waals surface area contributed by atoms with E-state index in [-0.39, 0.29) is 28.1 Å². The van der Waals surface area contributed by atoms with Crippen LogP contribution in [-0.4, -0.2) is 79.5 Å². The van der Waals surface area contributed by atoms with E-state index in [0.29, 0.717) is 33.0 Å². The van der Waals surface area contributed by atoms with Crippen LogP contribution in [0.5, 0.6) is 0 Å². The number of hydrogen-bond acceptors (Lipinski definition) is 12. The SMILES string of the molecule is C.C.CC(=O)O[C@H]1C(OCc2ccccc2)[C@@H](CO)O[C@@H]1OCc1ccccc1.CC(=O)O[C@H]1C(OCc2ccccc2)[C@@H](COCc2ccccc2)O[C@@H]1OCc1ccccc1. The van der Waals surface area contributed by atoms with E-state index < -0.39 is 61.1 Å². The highest BCUT2D eigenvalue weighted by Crippen LogP contribution is 2.31. The lowest BCUT2D eigenvalue weighted by Crippen LogP contribution is -2.40. The molecule has 0 radical (unpaired) electrons. The fourth-order valence-corrected chi connectivity index (χ4v) is 6.88. The quantitative estimate of drug-likeness (QED) is 0.0799. The fraction of sp³-hybridized carbons (Fsp3) is 0.373. The molecule has 7 rings (SSSR count). The summed E-state index contributed by atoms with van der Waals surface area (Å²) in [5.41, 5.74) is 5.02. The summed E-state index contributed by atoms with van der Waals surface area (Å²) in [5, 5.41) is 9.69. The first-order chi connectivity index (χ1) is 29.9. The third-order valence-electron chi connectivity index (χ3n) is 9.80. The second-order valence-corrected chi connectivity index (χ2v) is 14.5. The van der Waals surface area contributed by atoms with E-state index in [9.17, 15) is 14.7 Å². The van der Waals surface area contributed by atoms with E-state index in [1.54, 1.807) is 0 Å². The van der Waals surface area contributed by atoms with Gasteiger partial charge in [0.15, 0.2) is 24.8 Å². The molecule has 0 spiro atoms. The van der Waals surface area contributed by atoms with E-state index in [0.717, 1.165) is 27.8 Å². The molecule has 2 fully saturated rings. The first kappa shape index (κ1) is 50.4. The van der Waals surface area contributed by atoms with E-state index in [4.69, 9.17) is 42.6 Å². The summed E-state index contributed by atoms with van der Waals surface area (Å²) in [4.78, 5) is 23.5. The molecule has 0 bridgehead atoms. The molecule has 338 valence electrons. The fourth-order valence-electron chi connectivity index (χ4n) is 6.88. The van der Waals surface area contributed by atoms with Gasteiger partial charge in [0.25, 0.3) is 0 Å². The number of carbonyl (C=O) groups excluding carboxylic acids is 2. The molecule has 2 heterocycles. The van der Waals surface area contributed by atoms with E-state index >= 15 is 0 Å². The summed E-state index contributed by atoms with van der Waals surface area (Å²) in [5.74, 6) is -0.870. The maximum Gasteiger partial charge on any atom is 0.303 e. The van der Waals surface area contributed by atoms with Gasteiger partial charge in [0.05, 0.1) is 46.2 Å². The van der Waals surface area contributed by atoms with Gasteiger partial charge in [-0.3, -0.25) is 9.59 Å². The molecule has 2 aliphatic rings. The maximum atomic E-state index is 11.9. The molecule has 5 aromatic rings. The monoisotopic (exact) mass is 866 g/mol. The van der Waals surface area contributed by atoms with Crippen LogP contribution in [0, 0.1) is 0 Å². The van der Waals surface area contributed by atoms with E-state index in [1.165, 1.54) is 13.8 Å². The lowest BCUT2D eigenvalue weighted by atomic mass is 10.1. The van der Waals surface area contributed by atoms with Crippen LogP contribution < -0.4 is 0 Å². The number of ether oxygens (including phenoxy) is 9. The lowest BCUT2D eigenvalue weighted by Gasteiger charge is -2.24. The molecule has 2 aliphatic heterocycles. The Bertz CT molecular complexity index is 1990. The summed E-state index contributed by atoms with van der Waals surface area (Å²) >= 11 is 0. The molecule has 1 N–H and O–H groups in total. The minimum atomic E-state index is -0.813. The smallest absolute Gasteiger partial charge is 0.303 e. The molecule has 0 aromatic heterocycles. The van der Waals surface area contributed by atoms with Crippen LogP contribution in [0.3, 0.4) is 0 Å². The predicted molar refractivity (Wildman–Crippen MR) is 238 cm³/mol. The average molecular weight is 867 g/mol. The number of rotatable bonds is 19. The van der Waals surface area contributed by atoms with Gasteiger partial charge in [0.2, 0.25) is 0 Å². The normalized spacial score (nSPS) is 22.4. The van der Waals surface area contributed by atoms with Crippen molar-refractivity contribution in [1.82, 2.24) is 0 Å². The highest BCUT2D eigenvalue weighted by Gasteiger charge is 2.49. The largest absolute Gasteiger partial charge is 0.454 e. The number of aliphatic hydroxyl groups is 1. The van der Waals surface area contributed by atoms with Gasteiger partial charge in [0.1, 0.15) is 24.4 Å². The van der Waals surface area contributed by atoms with Crippen molar-refractivity contribution < 1.29 is 57.3 Å². The maximum absolute atomic E-state index is 11.9. The summed E-state index contributed by atoms with van der Waals surface area (Å²) in [7, 11) is 0. The van der Waals surface area contributed by atoms with Crippen LogP contribution in [0.4, 0.5) is 0 Å². The Morgan fingerprint density at radius 3 is 1.08 bits per heavy atom. The molecular weight excluding hydrogens is 805 g/mol. The number of carbonyl (C=O) groups is 2. The first-order valence-electron chi connectivity index (χ1n) is 20.4. The van der Waals surface area contributed by atoms with Crippen molar-refractivity contribution in [3.05, 3.63) is 179 Å². The van der Waals surface area contributed by atoms with Gasteiger partial charge in [-0.05, 0) is 27.8 Å². The van der Waals surface area contributed by atoms with Gasteiger partial charge in [-0.25, -0.2) is 0 Å². The van der Waals surface area contributed by atoms with Crippen molar-refractivity contribution in [3.63, 3.8) is 0 Å². The van der Waals surface area contributed by atoms with Gasteiger partial charge in [-0.2, -0.15) is 0 Å². The Kier molecular flexibility index (Phi) is 21.6. The van der Waals surface area contributed by atoms with Crippen LogP contribution >= 0.6 is 0 Å². The number of esters is 2. The highest BCUT2D eigenvalue weighted by atomic mass is 16.7. The molecule has 5 aromatic carbocycles. The summed E-state index contributed by atoms with van der Waals surface area (Å²) < 4.78 is 53.0. The molecule has 0 saturated carbocycles. The number of benzene rings is 5. The molecule has 8 atom stereocenters. The van der Waals surface area contributed by atoms with E-state index in [1.807, 2.05) is 152 Å². The number of hydrogen-bond donors (Lipinski definition) is 1. The minimum Gasteiger partial charge on any atom is -0.454 e. The Morgan fingerprint density at radius 1 is 0.444 bits per heavy atom. The van der Waals surface area contributed by atoms with Crippen molar-refractivity contribution in [1.29, 1.82) is 0 Å². The number of aliphatic hydroxyl groups excluding tert-OH is 1. The van der Waals surface area contributed by atoms with Gasteiger partial charge >= 0.3 is 11.9 Å². The molecule has 0 aliphatic carbocycles. The van der Waals surface area contributed by atoms with Crippen molar-refractivity contribution >= 4 is 11.9 Å². The Balaban J connectivity index is 0.000000275. The Labute approximate surface area is 371 Å². The van der Waals surface area contributed by atoms with Gasteiger partial charge in [0, 0.05) is 13.8 Å². The van der Waals surface area contributed by atoms with Crippen molar-refractivity contribution in [2.75, 3.05) is 13.2 Å². The second-order valence-electron chi connectivity index (χ2n) is 14.5. The van der Waals surface area contributed by atoms with E-state index in [2.05, 4.69) is 0 Å². The molecule has 12 nitrogen and oxygen atoms in total. The van der Waals surface area contributed by atoms with Crippen molar-refractivity contribution in [2.24, 2.45) is 0 Å². The third-order valence-corrected chi connectivity index (χ3v) is 9.80. The van der Waals surface area contributed by atoms with Crippen LogP contribution in [0.15, 0.2) is 152 Å². The standard InChI is InChI=1S/C28H30O6.C21H24O6.2CH4/c1-21(29)33-27-26(31-18-23-13-7-3-8-14-23)25(20-30-17-22-11-5-2-6-12-22)34-28(27)32-19-24-15-9-4-10-16-24;1-15(23)26-20-19(24-13-16-8-4-2-5-9-16)18(12-22)27-21(20)25-14-17-10-6-3-7-11-17;;/h2-16,25-28H,17-20H2,1H3;2-11,18-22H,12-14H2,1H3;2*1H4/t25-,26?,27+,28+;18-,19?,20+,21+;;/m11../s1. The highest BCUT2D eigenvalue weighted by molar-refractivity contribution is 5.66. The molecule has 2 unspecified atom stereocenters. The van der Waals surface area contributed by atoms with Gasteiger partial charge in [-0.15, -0.1) is 0 Å². The van der Waals surface area contributed by atoms with Gasteiger partial charge in [-0.1, -0.05) is 167 Å². The Hall–Kier alpha value is -5.28. The molecule has 2 saturated heterocycles. The zero-order chi connectivity index (χ0) is 42.7. The summed E-state index contributed by atoms with van der Waals surface area (Å²) in [6.45, 7) is 4.46.